The lowest BCUT2D eigenvalue weighted by Crippen LogP contribution is -2.23. The van der Waals surface area contributed by atoms with E-state index in [1.807, 2.05) is 60.3 Å². The molecule has 6 heteroatoms. The maximum absolute atomic E-state index is 11.9. The number of hydrogen-bond donors (Lipinski definition) is 1. The lowest BCUT2D eigenvalue weighted by molar-refractivity contribution is -0.116. The Morgan fingerprint density at radius 1 is 1.28 bits per heavy atom. The van der Waals surface area contributed by atoms with E-state index in [2.05, 4.69) is 15.4 Å². The molecule has 3 rings (SSSR count). The van der Waals surface area contributed by atoms with E-state index in [0.717, 1.165) is 34.1 Å². The summed E-state index contributed by atoms with van der Waals surface area (Å²) in [6.45, 7) is 4.59. The molecule has 0 aliphatic carbocycles. The Morgan fingerprint density at radius 3 is 2.88 bits per heavy atom. The minimum atomic E-state index is -0.0826. The number of amides is 1. The first-order valence-electron chi connectivity index (χ1n) is 8.11. The van der Waals surface area contributed by atoms with Gasteiger partial charge in [0.25, 0.3) is 0 Å². The maximum Gasteiger partial charge on any atom is 0.244 e. The van der Waals surface area contributed by atoms with Crippen molar-refractivity contribution in [3.8, 4) is 5.82 Å². The Hall–Kier alpha value is -2.73. The Kier molecular flexibility index (Phi) is 5.40. The van der Waals surface area contributed by atoms with Crippen LogP contribution < -0.4 is 5.32 Å². The van der Waals surface area contributed by atoms with Gasteiger partial charge in [-0.1, -0.05) is 12.1 Å². The summed E-state index contributed by atoms with van der Waals surface area (Å²) < 4.78 is 1.85. The molecule has 25 heavy (non-hydrogen) atoms. The molecule has 3 heterocycles. The van der Waals surface area contributed by atoms with Crippen LogP contribution >= 0.6 is 11.3 Å². The summed E-state index contributed by atoms with van der Waals surface area (Å²) in [5.74, 6) is 0.720. The van der Waals surface area contributed by atoms with Crippen molar-refractivity contribution in [3.05, 3.63) is 69.8 Å². The molecule has 0 saturated heterocycles. The van der Waals surface area contributed by atoms with Gasteiger partial charge in [0, 0.05) is 29.4 Å². The van der Waals surface area contributed by atoms with Crippen molar-refractivity contribution in [2.45, 2.75) is 20.3 Å². The van der Waals surface area contributed by atoms with E-state index >= 15 is 0 Å². The highest BCUT2D eigenvalue weighted by molar-refractivity contribution is 7.10. The predicted molar refractivity (Wildman–Crippen MR) is 101 cm³/mol. The van der Waals surface area contributed by atoms with Crippen LogP contribution in [-0.2, 0) is 11.2 Å². The molecule has 0 saturated carbocycles. The summed E-state index contributed by atoms with van der Waals surface area (Å²) in [6, 6.07) is 9.70. The molecule has 3 aromatic rings. The fraction of sp³-hybridized carbons (Fsp3) is 0.211. The second-order valence-corrected chi connectivity index (χ2v) is 6.62. The van der Waals surface area contributed by atoms with Crippen molar-refractivity contribution < 1.29 is 4.79 Å². The third-order valence-corrected chi connectivity index (χ3v) is 4.76. The minimum absolute atomic E-state index is 0.0826. The number of hydrogen-bond acceptors (Lipinski definition) is 4. The zero-order valence-corrected chi connectivity index (χ0v) is 15.1. The lowest BCUT2D eigenvalue weighted by atomic mass is 10.1. The Morgan fingerprint density at radius 2 is 2.16 bits per heavy atom. The normalized spacial score (nSPS) is 11.1. The fourth-order valence-electron chi connectivity index (χ4n) is 2.65. The molecule has 0 unspecified atom stereocenters. The molecule has 0 fully saturated rings. The van der Waals surface area contributed by atoms with Gasteiger partial charge < -0.3 is 5.32 Å². The van der Waals surface area contributed by atoms with Crippen LogP contribution in [0.15, 0.2) is 48.0 Å². The summed E-state index contributed by atoms with van der Waals surface area (Å²) in [4.78, 5) is 17.3. The summed E-state index contributed by atoms with van der Waals surface area (Å²) in [5, 5.41) is 9.49. The van der Waals surface area contributed by atoms with Crippen LogP contribution in [0, 0.1) is 13.8 Å². The van der Waals surface area contributed by atoms with Gasteiger partial charge in [0.1, 0.15) is 0 Å². The topological polar surface area (TPSA) is 59.8 Å². The number of carbonyl (C=O) groups excluding carboxylic acids is 1. The van der Waals surface area contributed by atoms with Crippen LogP contribution in [-0.4, -0.2) is 27.2 Å². The Balaban J connectivity index is 1.60. The van der Waals surface area contributed by atoms with Crippen molar-refractivity contribution in [2.24, 2.45) is 0 Å². The number of carbonyl (C=O) groups is 1. The molecule has 0 radical (unpaired) electrons. The first kappa shape index (κ1) is 17.1. The van der Waals surface area contributed by atoms with E-state index in [9.17, 15) is 4.79 Å². The van der Waals surface area contributed by atoms with Gasteiger partial charge in [0.2, 0.25) is 5.91 Å². The van der Waals surface area contributed by atoms with Crippen LogP contribution in [0.5, 0.6) is 0 Å². The molecule has 1 amide bonds. The molecule has 0 bridgehead atoms. The number of thiophene rings is 1. The monoisotopic (exact) mass is 352 g/mol. The van der Waals surface area contributed by atoms with E-state index in [-0.39, 0.29) is 5.91 Å². The van der Waals surface area contributed by atoms with Gasteiger partial charge in [0.15, 0.2) is 5.82 Å². The average molecular weight is 352 g/mol. The smallest absolute Gasteiger partial charge is 0.244 e. The van der Waals surface area contributed by atoms with E-state index in [1.165, 1.54) is 0 Å². The fourth-order valence-corrected chi connectivity index (χ4v) is 3.27. The Labute approximate surface area is 151 Å². The molecule has 5 nitrogen and oxygen atoms in total. The summed E-state index contributed by atoms with van der Waals surface area (Å²) in [7, 11) is 0. The highest BCUT2D eigenvalue weighted by Crippen LogP contribution is 2.16. The van der Waals surface area contributed by atoms with Crippen LogP contribution in [0.4, 0.5) is 0 Å². The second-order valence-electron chi connectivity index (χ2n) is 5.64. The van der Waals surface area contributed by atoms with Crippen LogP contribution in [0.25, 0.3) is 11.9 Å². The molecule has 0 aliphatic rings. The summed E-state index contributed by atoms with van der Waals surface area (Å²) >= 11 is 1.61. The molecular formula is C19H20N4OS. The van der Waals surface area contributed by atoms with Gasteiger partial charge in [-0.2, -0.15) is 5.10 Å². The average Bonchev–Trinajstić information content (AvgIpc) is 3.24. The number of pyridine rings is 1. The van der Waals surface area contributed by atoms with Gasteiger partial charge >= 0.3 is 0 Å². The van der Waals surface area contributed by atoms with Crippen molar-refractivity contribution >= 4 is 23.3 Å². The zero-order chi connectivity index (χ0) is 17.6. The van der Waals surface area contributed by atoms with Crippen LogP contribution in [0.2, 0.25) is 0 Å². The molecule has 0 aromatic carbocycles. The van der Waals surface area contributed by atoms with E-state index in [0.29, 0.717) is 6.54 Å². The largest absolute Gasteiger partial charge is 0.352 e. The number of aryl methyl sites for hydroxylation is 1. The van der Waals surface area contributed by atoms with E-state index < -0.39 is 0 Å². The van der Waals surface area contributed by atoms with Crippen molar-refractivity contribution in [1.29, 1.82) is 0 Å². The predicted octanol–water partition coefficient (Wildman–Crippen LogP) is 3.32. The number of nitrogens with one attached hydrogen (secondary N) is 1. The zero-order valence-electron chi connectivity index (χ0n) is 14.3. The number of nitrogens with zero attached hydrogens (tertiary/aromatic N) is 3. The molecule has 1 N–H and O–H groups in total. The third kappa shape index (κ3) is 4.22. The molecule has 0 aliphatic heterocycles. The van der Waals surface area contributed by atoms with Crippen molar-refractivity contribution in [2.75, 3.05) is 6.54 Å². The van der Waals surface area contributed by atoms with Crippen molar-refractivity contribution in [3.63, 3.8) is 0 Å². The van der Waals surface area contributed by atoms with E-state index in [4.69, 9.17) is 0 Å². The van der Waals surface area contributed by atoms with E-state index in [1.54, 1.807) is 23.6 Å². The molecule has 128 valence electrons. The highest BCUT2D eigenvalue weighted by atomic mass is 32.1. The van der Waals surface area contributed by atoms with Gasteiger partial charge in [-0.3, -0.25) is 4.79 Å². The quantitative estimate of drug-likeness (QED) is 0.692. The van der Waals surface area contributed by atoms with Crippen LogP contribution in [0.1, 0.15) is 21.8 Å². The molecule has 0 atom stereocenters. The van der Waals surface area contributed by atoms with Gasteiger partial charge in [-0.25, -0.2) is 9.67 Å². The van der Waals surface area contributed by atoms with Gasteiger partial charge in [0.05, 0.1) is 5.69 Å². The Bertz CT molecular complexity index is 866. The lowest BCUT2D eigenvalue weighted by Gasteiger charge is -2.05. The standard InChI is InChI=1S/C19H20N4OS/c1-14-17(15(2)23(22-14)18-7-3-4-11-20-18)10-12-21-19(24)9-8-16-6-5-13-25-16/h3-9,11,13H,10,12H2,1-2H3,(H,21,24). The number of rotatable bonds is 6. The van der Waals surface area contributed by atoms with Crippen LogP contribution in [0.3, 0.4) is 0 Å². The molecular weight excluding hydrogens is 332 g/mol. The summed E-state index contributed by atoms with van der Waals surface area (Å²) in [6.07, 6.45) is 5.90. The molecule has 3 aromatic heterocycles. The highest BCUT2D eigenvalue weighted by Gasteiger charge is 2.13. The van der Waals surface area contributed by atoms with Gasteiger partial charge in [-0.05, 0) is 55.5 Å². The van der Waals surface area contributed by atoms with Crippen molar-refractivity contribution in [1.82, 2.24) is 20.1 Å². The summed E-state index contributed by atoms with van der Waals surface area (Å²) in [5.41, 5.74) is 3.17. The third-order valence-electron chi connectivity index (χ3n) is 3.92. The SMILES string of the molecule is Cc1nn(-c2ccccn2)c(C)c1CCNC(=O)C=Cc1cccs1. The number of aromatic nitrogens is 3. The first-order chi connectivity index (χ1) is 12.1. The first-order valence-corrected chi connectivity index (χ1v) is 8.99. The minimum Gasteiger partial charge on any atom is -0.352 e. The second kappa shape index (κ2) is 7.90. The van der Waals surface area contributed by atoms with Gasteiger partial charge in [-0.15, -0.1) is 11.3 Å². The molecule has 0 spiro atoms. The maximum atomic E-state index is 11.9.